The molecule has 1 aliphatic rings. The molecule has 0 unspecified atom stereocenters. The lowest BCUT2D eigenvalue weighted by Crippen LogP contribution is -2.21. The third-order valence-corrected chi connectivity index (χ3v) is 1.03. The zero-order valence-electron chi connectivity index (χ0n) is 5.78. The monoisotopic (exact) mass is 139 g/mol. The molecule has 0 aliphatic carbocycles. The van der Waals surface area contributed by atoms with Crippen LogP contribution in [0.5, 0.6) is 0 Å². The van der Waals surface area contributed by atoms with Crippen molar-refractivity contribution in [2.24, 2.45) is 0 Å². The summed E-state index contributed by atoms with van der Waals surface area (Å²) in [6.07, 6.45) is 7.33. The maximum Gasteiger partial charge on any atom is 0.329 e. The molecular weight excluding hydrogens is 130 g/mol. The molecule has 0 aromatic heterocycles. The molecular formula is C7H9NO2. The average molecular weight is 139 g/mol. The van der Waals surface area contributed by atoms with Gasteiger partial charge in [-0.1, -0.05) is 12.2 Å². The van der Waals surface area contributed by atoms with Gasteiger partial charge >= 0.3 is 5.97 Å². The van der Waals surface area contributed by atoms with Gasteiger partial charge in [-0.05, 0) is 6.08 Å². The van der Waals surface area contributed by atoms with Crippen LogP contribution in [-0.4, -0.2) is 17.6 Å². The molecule has 54 valence electrons. The molecule has 0 spiro atoms. The quantitative estimate of drug-likeness (QED) is 0.539. The Morgan fingerprint density at radius 2 is 2.40 bits per heavy atom. The van der Waals surface area contributed by atoms with E-state index in [2.05, 4.69) is 0 Å². The molecule has 10 heavy (non-hydrogen) atoms. The highest BCUT2D eigenvalue weighted by Gasteiger charge is 2.01. The summed E-state index contributed by atoms with van der Waals surface area (Å²) in [6, 6.07) is 0. The first-order chi connectivity index (χ1) is 4.79. The van der Waals surface area contributed by atoms with Gasteiger partial charge in [0, 0.05) is 13.1 Å². The molecule has 0 saturated carbocycles. The number of carbonyl (C=O) groups excluding carboxylic acids is 1. The Balaban J connectivity index is 2.37. The zero-order valence-corrected chi connectivity index (χ0v) is 5.78. The normalized spacial score (nSPS) is 15.5. The van der Waals surface area contributed by atoms with E-state index in [0.29, 0.717) is 6.54 Å². The first-order valence-corrected chi connectivity index (χ1v) is 3.07. The van der Waals surface area contributed by atoms with Crippen LogP contribution in [0.3, 0.4) is 0 Å². The van der Waals surface area contributed by atoms with Crippen molar-refractivity contribution in [3.05, 3.63) is 24.4 Å². The summed E-state index contributed by atoms with van der Waals surface area (Å²) in [4.78, 5) is 15.1. The highest BCUT2D eigenvalue weighted by Crippen LogP contribution is 1.98. The SMILES string of the molecule is CC(=O)ON1C=CC=CC1. The van der Waals surface area contributed by atoms with Crippen molar-refractivity contribution in [2.75, 3.05) is 6.54 Å². The van der Waals surface area contributed by atoms with Gasteiger partial charge in [0.05, 0.1) is 6.54 Å². The van der Waals surface area contributed by atoms with Crippen LogP contribution in [0.1, 0.15) is 6.92 Å². The molecule has 0 saturated heterocycles. The number of hydrogen-bond acceptors (Lipinski definition) is 3. The van der Waals surface area contributed by atoms with Crippen LogP contribution in [0.15, 0.2) is 24.4 Å². The average Bonchev–Trinajstić information content (AvgIpc) is 1.88. The predicted octanol–water partition coefficient (Wildman–Crippen LogP) is 0.850. The predicted molar refractivity (Wildman–Crippen MR) is 36.8 cm³/mol. The summed E-state index contributed by atoms with van der Waals surface area (Å²) in [7, 11) is 0. The van der Waals surface area contributed by atoms with E-state index >= 15 is 0 Å². The molecule has 0 N–H and O–H groups in total. The Morgan fingerprint density at radius 3 is 2.90 bits per heavy atom. The number of nitrogens with zero attached hydrogens (tertiary/aromatic N) is 1. The molecule has 3 nitrogen and oxygen atoms in total. The summed E-state index contributed by atoms with van der Waals surface area (Å²) < 4.78 is 0. The first-order valence-electron chi connectivity index (χ1n) is 3.07. The minimum absolute atomic E-state index is 0.292. The number of rotatable bonds is 1. The van der Waals surface area contributed by atoms with Crippen molar-refractivity contribution < 1.29 is 9.63 Å². The van der Waals surface area contributed by atoms with Crippen molar-refractivity contribution >= 4 is 5.97 Å². The van der Waals surface area contributed by atoms with Crippen LogP contribution >= 0.6 is 0 Å². The smallest absolute Gasteiger partial charge is 0.329 e. The van der Waals surface area contributed by atoms with E-state index in [1.807, 2.05) is 18.2 Å². The highest BCUT2D eigenvalue weighted by molar-refractivity contribution is 5.65. The van der Waals surface area contributed by atoms with E-state index in [1.165, 1.54) is 12.0 Å². The van der Waals surface area contributed by atoms with Gasteiger partial charge in [0.1, 0.15) is 0 Å². The number of hydroxylamine groups is 2. The van der Waals surface area contributed by atoms with Crippen LogP contribution in [0.25, 0.3) is 0 Å². The molecule has 1 rings (SSSR count). The maximum atomic E-state index is 10.4. The van der Waals surface area contributed by atoms with Gasteiger partial charge in [-0.25, -0.2) is 5.06 Å². The van der Waals surface area contributed by atoms with Gasteiger partial charge in [-0.2, -0.15) is 0 Å². The van der Waals surface area contributed by atoms with E-state index in [4.69, 9.17) is 4.84 Å². The van der Waals surface area contributed by atoms with Gasteiger partial charge in [-0.15, -0.1) is 0 Å². The second kappa shape index (κ2) is 3.06. The summed E-state index contributed by atoms with van der Waals surface area (Å²) in [5, 5.41) is 1.47. The lowest BCUT2D eigenvalue weighted by molar-refractivity contribution is -0.173. The summed E-state index contributed by atoms with van der Waals surface area (Å²) in [6.45, 7) is 2.02. The lowest BCUT2D eigenvalue weighted by atomic mass is 10.4. The minimum atomic E-state index is -0.292. The molecule has 0 atom stereocenters. The molecule has 3 heteroatoms. The molecule has 0 fully saturated rings. The van der Waals surface area contributed by atoms with Crippen molar-refractivity contribution in [1.29, 1.82) is 0 Å². The van der Waals surface area contributed by atoms with E-state index in [1.54, 1.807) is 6.20 Å². The van der Waals surface area contributed by atoms with E-state index < -0.39 is 0 Å². The largest absolute Gasteiger partial charge is 0.341 e. The zero-order chi connectivity index (χ0) is 7.40. The van der Waals surface area contributed by atoms with Crippen molar-refractivity contribution in [1.82, 2.24) is 5.06 Å². The Morgan fingerprint density at radius 1 is 1.60 bits per heavy atom. The number of allylic oxidation sites excluding steroid dienone is 2. The van der Waals surface area contributed by atoms with E-state index in [9.17, 15) is 4.79 Å². The second-order valence-electron chi connectivity index (χ2n) is 1.95. The van der Waals surface area contributed by atoms with E-state index in [0.717, 1.165) is 0 Å². The van der Waals surface area contributed by atoms with E-state index in [-0.39, 0.29) is 5.97 Å². The fourth-order valence-electron chi connectivity index (χ4n) is 0.683. The number of carbonyl (C=O) groups is 1. The fraction of sp³-hybridized carbons (Fsp3) is 0.286. The van der Waals surface area contributed by atoms with Crippen LogP contribution in [0, 0.1) is 0 Å². The molecule has 0 aromatic rings. The second-order valence-corrected chi connectivity index (χ2v) is 1.95. The van der Waals surface area contributed by atoms with Gasteiger partial charge < -0.3 is 4.84 Å². The highest BCUT2D eigenvalue weighted by atomic mass is 16.7. The molecule has 1 heterocycles. The fourth-order valence-corrected chi connectivity index (χ4v) is 0.683. The van der Waals surface area contributed by atoms with Crippen LogP contribution in [0.2, 0.25) is 0 Å². The first kappa shape index (κ1) is 6.86. The van der Waals surface area contributed by atoms with Gasteiger partial charge in [0.2, 0.25) is 0 Å². The third-order valence-electron chi connectivity index (χ3n) is 1.03. The minimum Gasteiger partial charge on any atom is -0.341 e. The Kier molecular flexibility index (Phi) is 2.10. The molecule has 0 bridgehead atoms. The van der Waals surface area contributed by atoms with Crippen molar-refractivity contribution in [2.45, 2.75) is 6.92 Å². The maximum absolute atomic E-state index is 10.4. The summed E-state index contributed by atoms with van der Waals surface area (Å²) in [5.41, 5.74) is 0. The Bertz CT molecular complexity index is 184. The van der Waals surface area contributed by atoms with Gasteiger partial charge in [0.15, 0.2) is 0 Å². The van der Waals surface area contributed by atoms with Crippen LogP contribution in [-0.2, 0) is 9.63 Å². The summed E-state index contributed by atoms with van der Waals surface area (Å²) >= 11 is 0. The molecule has 1 aliphatic heterocycles. The van der Waals surface area contributed by atoms with Crippen LogP contribution in [0.4, 0.5) is 0 Å². The standard InChI is InChI=1S/C7H9NO2/c1-7(9)10-8-5-3-2-4-6-8/h2-5H,6H2,1H3. The van der Waals surface area contributed by atoms with Gasteiger partial charge in [0.25, 0.3) is 0 Å². The molecule has 0 aromatic carbocycles. The van der Waals surface area contributed by atoms with Crippen molar-refractivity contribution in [3.63, 3.8) is 0 Å². The topological polar surface area (TPSA) is 29.5 Å². The third kappa shape index (κ3) is 1.93. The van der Waals surface area contributed by atoms with Crippen LogP contribution < -0.4 is 0 Å². The summed E-state index contributed by atoms with van der Waals surface area (Å²) in [5.74, 6) is -0.292. The lowest BCUT2D eigenvalue weighted by Gasteiger charge is -2.17. The number of hydrogen-bond donors (Lipinski definition) is 0. The molecule has 0 amide bonds. The molecule has 0 radical (unpaired) electrons. The Hall–Kier alpha value is -1.25. The van der Waals surface area contributed by atoms with Gasteiger partial charge in [-0.3, -0.25) is 4.79 Å². The Labute approximate surface area is 59.5 Å². The van der Waals surface area contributed by atoms with Crippen molar-refractivity contribution in [3.8, 4) is 0 Å².